The van der Waals surface area contributed by atoms with E-state index < -0.39 is 11.9 Å². The number of nitrogens with one attached hydrogen (secondary N) is 1. The summed E-state index contributed by atoms with van der Waals surface area (Å²) in [7, 11) is 0. The number of carboxylic acid groups (broad SMARTS) is 1. The standard InChI is InChI=1S/C13H11NO4S/c1-7-6-8(15)2-3-9(7)12(16)14-10-4-5-19-11(10)13(17)18/h2-6,15H,1H3,(H,14,16)(H,17,18). The maximum atomic E-state index is 12.0. The molecule has 6 heteroatoms. The molecule has 0 fully saturated rings. The van der Waals surface area contributed by atoms with Gasteiger partial charge in [0.05, 0.1) is 5.69 Å². The van der Waals surface area contributed by atoms with E-state index in [9.17, 15) is 14.7 Å². The van der Waals surface area contributed by atoms with Crippen molar-refractivity contribution < 1.29 is 19.8 Å². The van der Waals surface area contributed by atoms with Crippen LogP contribution in [0.4, 0.5) is 5.69 Å². The first-order valence-electron chi connectivity index (χ1n) is 5.41. The lowest BCUT2D eigenvalue weighted by Gasteiger charge is -2.07. The number of aromatic carboxylic acids is 1. The molecule has 1 heterocycles. The number of benzene rings is 1. The summed E-state index contributed by atoms with van der Waals surface area (Å²) in [4.78, 5) is 23.1. The van der Waals surface area contributed by atoms with E-state index in [0.29, 0.717) is 11.1 Å². The summed E-state index contributed by atoms with van der Waals surface area (Å²) in [5, 5.41) is 22.4. The Morgan fingerprint density at radius 3 is 2.63 bits per heavy atom. The van der Waals surface area contributed by atoms with E-state index in [1.54, 1.807) is 18.4 Å². The van der Waals surface area contributed by atoms with Crippen molar-refractivity contribution in [2.75, 3.05) is 5.32 Å². The minimum atomic E-state index is -1.08. The summed E-state index contributed by atoms with van der Waals surface area (Å²) in [6.07, 6.45) is 0. The second-order valence-corrected chi connectivity index (χ2v) is 4.84. The van der Waals surface area contributed by atoms with Gasteiger partial charge in [-0.25, -0.2) is 4.79 Å². The molecule has 0 bridgehead atoms. The molecule has 1 aromatic heterocycles. The lowest BCUT2D eigenvalue weighted by molar-refractivity contribution is 0.0703. The number of hydrogen-bond donors (Lipinski definition) is 3. The van der Waals surface area contributed by atoms with Crippen LogP contribution < -0.4 is 5.32 Å². The van der Waals surface area contributed by atoms with Crippen LogP contribution in [-0.4, -0.2) is 22.1 Å². The largest absolute Gasteiger partial charge is 0.508 e. The average molecular weight is 277 g/mol. The number of thiophene rings is 1. The van der Waals surface area contributed by atoms with Crippen molar-refractivity contribution in [1.82, 2.24) is 0 Å². The number of rotatable bonds is 3. The van der Waals surface area contributed by atoms with Crippen molar-refractivity contribution in [3.63, 3.8) is 0 Å². The molecule has 0 spiro atoms. The highest BCUT2D eigenvalue weighted by atomic mass is 32.1. The van der Waals surface area contributed by atoms with Gasteiger partial charge in [-0.15, -0.1) is 11.3 Å². The predicted octanol–water partition coefficient (Wildman–Crippen LogP) is 2.71. The van der Waals surface area contributed by atoms with E-state index in [-0.39, 0.29) is 16.3 Å². The fourth-order valence-electron chi connectivity index (χ4n) is 1.67. The van der Waals surface area contributed by atoms with Crippen molar-refractivity contribution in [3.05, 3.63) is 45.6 Å². The summed E-state index contributed by atoms with van der Waals surface area (Å²) >= 11 is 1.05. The lowest BCUT2D eigenvalue weighted by atomic mass is 10.1. The minimum absolute atomic E-state index is 0.0795. The molecule has 0 unspecified atom stereocenters. The second-order valence-electron chi connectivity index (χ2n) is 3.92. The molecule has 0 saturated heterocycles. The van der Waals surface area contributed by atoms with Crippen molar-refractivity contribution in [2.45, 2.75) is 6.92 Å². The Hall–Kier alpha value is -2.34. The van der Waals surface area contributed by atoms with Crippen LogP contribution in [0.15, 0.2) is 29.6 Å². The molecule has 2 aromatic rings. The fourth-order valence-corrected chi connectivity index (χ4v) is 2.35. The van der Waals surface area contributed by atoms with Crippen LogP contribution in [-0.2, 0) is 0 Å². The van der Waals surface area contributed by atoms with Crippen LogP contribution in [0.2, 0.25) is 0 Å². The highest BCUT2D eigenvalue weighted by molar-refractivity contribution is 7.12. The first-order valence-corrected chi connectivity index (χ1v) is 6.28. The van der Waals surface area contributed by atoms with Crippen LogP contribution in [0.5, 0.6) is 5.75 Å². The quantitative estimate of drug-likeness (QED) is 0.805. The third-order valence-electron chi connectivity index (χ3n) is 2.56. The fraction of sp³-hybridized carbons (Fsp3) is 0.0769. The third kappa shape index (κ3) is 2.74. The molecule has 0 aliphatic heterocycles. The van der Waals surface area contributed by atoms with Gasteiger partial charge in [-0.2, -0.15) is 0 Å². The zero-order valence-electron chi connectivity index (χ0n) is 10.0. The van der Waals surface area contributed by atoms with Crippen LogP contribution in [0.3, 0.4) is 0 Å². The van der Waals surface area contributed by atoms with E-state index in [4.69, 9.17) is 5.11 Å². The van der Waals surface area contributed by atoms with Gasteiger partial charge in [0.25, 0.3) is 5.91 Å². The number of phenolic OH excluding ortho intramolecular Hbond substituents is 1. The Kier molecular flexibility index (Phi) is 3.52. The van der Waals surface area contributed by atoms with Gasteiger partial charge in [-0.1, -0.05) is 0 Å². The molecule has 98 valence electrons. The molecule has 3 N–H and O–H groups in total. The number of carboxylic acids is 1. The smallest absolute Gasteiger partial charge is 0.348 e. The molecule has 0 aliphatic carbocycles. The van der Waals surface area contributed by atoms with Gasteiger partial charge in [0.15, 0.2) is 0 Å². The molecule has 1 amide bonds. The number of aromatic hydroxyl groups is 1. The number of carbonyl (C=O) groups excluding carboxylic acids is 1. The molecule has 0 aliphatic rings. The molecule has 0 radical (unpaired) electrons. The molecular formula is C13H11NO4S. The van der Waals surface area contributed by atoms with Gasteiger partial charge < -0.3 is 15.5 Å². The summed E-state index contributed by atoms with van der Waals surface area (Å²) in [6.45, 7) is 1.69. The van der Waals surface area contributed by atoms with Gasteiger partial charge >= 0.3 is 5.97 Å². The summed E-state index contributed by atoms with van der Waals surface area (Å²) in [6, 6.07) is 5.92. The molecule has 19 heavy (non-hydrogen) atoms. The predicted molar refractivity (Wildman–Crippen MR) is 72.1 cm³/mol. The number of amides is 1. The van der Waals surface area contributed by atoms with E-state index >= 15 is 0 Å². The number of aryl methyl sites for hydroxylation is 1. The number of anilines is 1. The second kappa shape index (κ2) is 5.11. The first kappa shape index (κ1) is 13.1. The Morgan fingerprint density at radius 1 is 1.26 bits per heavy atom. The van der Waals surface area contributed by atoms with Crippen LogP contribution in [0.25, 0.3) is 0 Å². The summed E-state index contributed by atoms with van der Waals surface area (Å²) in [5.41, 5.74) is 1.28. The molecular weight excluding hydrogens is 266 g/mol. The lowest BCUT2D eigenvalue weighted by Crippen LogP contribution is -2.14. The van der Waals surface area contributed by atoms with Gasteiger partial charge in [-0.05, 0) is 42.1 Å². The van der Waals surface area contributed by atoms with E-state index in [1.807, 2.05) is 0 Å². The Morgan fingerprint density at radius 2 is 2.00 bits per heavy atom. The maximum Gasteiger partial charge on any atom is 0.348 e. The van der Waals surface area contributed by atoms with Crippen molar-refractivity contribution in [1.29, 1.82) is 0 Å². The monoisotopic (exact) mass is 277 g/mol. The zero-order valence-corrected chi connectivity index (χ0v) is 10.8. The highest BCUT2D eigenvalue weighted by Crippen LogP contribution is 2.24. The molecule has 5 nitrogen and oxygen atoms in total. The number of phenols is 1. The molecule has 2 rings (SSSR count). The van der Waals surface area contributed by atoms with Gasteiger partial charge in [0, 0.05) is 5.56 Å². The van der Waals surface area contributed by atoms with E-state index in [1.165, 1.54) is 18.2 Å². The van der Waals surface area contributed by atoms with Crippen molar-refractivity contribution in [2.24, 2.45) is 0 Å². The zero-order chi connectivity index (χ0) is 14.0. The normalized spacial score (nSPS) is 10.2. The van der Waals surface area contributed by atoms with Crippen LogP contribution in [0.1, 0.15) is 25.6 Å². The van der Waals surface area contributed by atoms with Crippen molar-refractivity contribution >= 4 is 28.9 Å². The Bertz CT molecular complexity index is 648. The average Bonchev–Trinajstić information content (AvgIpc) is 2.76. The summed E-state index contributed by atoms with van der Waals surface area (Å²) in [5.74, 6) is -1.40. The Labute approximate surface area is 113 Å². The first-order chi connectivity index (χ1) is 8.99. The van der Waals surface area contributed by atoms with E-state index in [0.717, 1.165) is 11.3 Å². The molecule has 0 saturated carbocycles. The highest BCUT2D eigenvalue weighted by Gasteiger charge is 2.16. The van der Waals surface area contributed by atoms with Gasteiger partial charge in [0.2, 0.25) is 0 Å². The number of carbonyl (C=O) groups is 2. The number of hydrogen-bond acceptors (Lipinski definition) is 4. The van der Waals surface area contributed by atoms with E-state index in [2.05, 4.69) is 5.32 Å². The topological polar surface area (TPSA) is 86.6 Å². The maximum absolute atomic E-state index is 12.0. The minimum Gasteiger partial charge on any atom is -0.508 e. The van der Waals surface area contributed by atoms with Crippen LogP contribution in [0, 0.1) is 6.92 Å². The molecule has 0 atom stereocenters. The van der Waals surface area contributed by atoms with Gasteiger partial charge in [0.1, 0.15) is 10.6 Å². The Balaban J connectivity index is 2.26. The van der Waals surface area contributed by atoms with Crippen LogP contribution >= 0.6 is 11.3 Å². The summed E-state index contributed by atoms with van der Waals surface area (Å²) < 4.78 is 0. The van der Waals surface area contributed by atoms with Crippen molar-refractivity contribution in [3.8, 4) is 5.75 Å². The molecule has 1 aromatic carbocycles. The SMILES string of the molecule is Cc1cc(O)ccc1C(=O)Nc1ccsc1C(=O)O. The van der Waals surface area contributed by atoms with Gasteiger partial charge in [-0.3, -0.25) is 4.79 Å². The third-order valence-corrected chi connectivity index (χ3v) is 3.46.